The third-order valence-corrected chi connectivity index (χ3v) is 7.57. The molecular weight excluding hydrogens is 406 g/mol. The van der Waals surface area contributed by atoms with Gasteiger partial charge in [0.25, 0.3) is 5.91 Å². The summed E-state index contributed by atoms with van der Waals surface area (Å²) in [6.07, 6.45) is 2.71. The Labute approximate surface area is 174 Å². The van der Waals surface area contributed by atoms with Crippen LogP contribution in [0.4, 0.5) is 5.13 Å². The maximum Gasteiger partial charge on any atom is 0.258 e. The van der Waals surface area contributed by atoms with Crippen LogP contribution < -0.4 is 5.32 Å². The van der Waals surface area contributed by atoms with E-state index in [-0.39, 0.29) is 10.5 Å². The first kappa shape index (κ1) is 19.8. The highest BCUT2D eigenvalue weighted by Crippen LogP contribution is 2.27. The lowest BCUT2D eigenvalue weighted by molar-refractivity contribution is 0.102. The van der Waals surface area contributed by atoms with Crippen molar-refractivity contribution in [1.82, 2.24) is 9.29 Å². The van der Waals surface area contributed by atoms with Crippen molar-refractivity contribution in [3.05, 3.63) is 65.5 Å². The second kappa shape index (κ2) is 8.44. The number of anilines is 1. The summed E-state index contributed by atoms with van der Waals surface area (Å²) in [7, 11) is -3.71. The molecule has 1 saturated heterocycles. The minimum atomic E-state index is -3.71. The van der Waals surface area contributed by atoms with Gasteiger partial charge in [-0.25, -0.2) is 13.4 Å². The molecule has 1 fully saturated rings. The molecular formula is C21H21N3O3S2. The van der Waals surface area contributed by atoms with Crippen LogP contribution in [0.3, 0.4) is 0 Å². The third-order valence-electron chi connectivity index (χ3n) is 4.86. The van der Waals surface area contributed by atoms with Crippen molar-refractivity contribution in [3.8, 4) is 11.3 Å². The number of rotatable bonds is 5. The molecule has 0 aliphatic carbocycles. The van der Waals surface area contributed by atoms with Crippen LogP contribution in [0, 0.1) is 0 Å². The van der Waals surface area contributed by atoms with Crippen molar-refractivity contribution in [3.63, 3.8) is 0 Å². The molecule has 1 aliphatic heterocycles. The van der Waals surface area contributed by atoms with Crippen molar-refractivity contribution < 1.29 is 13.2 Å². The molecule has 0 bridgehead atoms. The fourth-order valence-corrected chi connectivity index (χ4v) is 5.78. The van der Waals surface area contributed by atoms with Gasteiger partial charge in [0.2, 0.25) is 10.0 Å². The van der Waals surface area contributed by atoms with E-state index in [2.05, 4.69) is 10.3 Å². The Balaban J connectivity index is 1.58. The van der Waals surface area contributed by atoms with Crippen molar-refractivity contribution in [2.24, 2.45) is 0 Å². The topological polar surface area (TPSA) is 79.4 Å². The molecule has 150 valence electrons. The number of nitrogens with one attached hydrogen (secondary N) is 1. The van der Waals surface area contributed by atoms with Crippen LogP contribution in [0.5, 0.6) is 0 Å². The Morgan fingerprint density at radius 3 is 2.41 bits per heavy atom. The molecule has 3 aromatic rings. The van der Waals surface area contributed by atoms with Gasteiger partial charge >= 0.3 is 0 Å². The second-order valence-electron chi connectivity index (χ2n) is 6.82. The minimum Gasteiger partial charge on any atom is -0.298 e. The first-order valence-corrected chi connectivity index (χ1v) is 11.8. The molecule has 1 aliphatic rings. The third kappa shape index (κ3) is 4.24. The highest BCUT2D eigenvalue weighted by Gasteiger charge is 2.29. The maximum absolute atomic E-state index is 13.1. The van der Waals surface area contributed by atoms with Crippen molar-refractivity contribution in [2.45, 2.75) is 24.2 Å². The molecule has 2 aromatic carbocycles. The number of carbonyl (C=O) groups excluding carboxylic acids is 1. The number of nitrogens with zero attached hydrogens (tertiary/aromatic N) is 2. The van der Waals surface area contributed by atoms with Gasteiger partial charge in [0.1, 0.15) is 0 Å². The zero-order valence-electron chi connectivity index (χ0n) is 15.7. The zero-order chi connectivity index (χ0) is 20.3. The van der Waals surface area contributed by atoms with Gasteiger partial charge in [0.05, 0.1) is 16.2 Å². The number of amides is 1. The number of piperidine rings is 1. The summed E-state index contributed by atoms with van der Waals surface area (Å²) >= 11 is 1.31. The van der Waals surface area contributed by atoms with Crippen molar-refractivity contribution in [2.75, 3.05) is 18.4 Å². The molecule has 1 amide bonds. The van der Waals surface area contributed by atoms with Crippen LogP contribution in [0.1, 0.15) is 29.6 Å². The Hall–Kier alpha value is -2.55. The molecule has 8 heteroatoms. The Kier molecular flexibility index (Phi) is 5.75. The van der Waals surface area contributed by atoms with E-state index in [1.807, 2.05) is 35.7 Å². The molecule has 0 atom stereocenters. The molecule has 6 nitrogen and oxygen atoms in total. The molecule has 1 N–H and O–H groups in total. The zero-order valence-corrected chi connectivity index (χ0v) is 17.4. The van der Waals surface area contributed by atoms with Crippen molar-refractivity contribution in [1.29, 1.82) is 0 Å². The number of carbonyl (C=O) groups is 1. The van der Waals surface area contributed by atoms with E-state index in [0.717, 1.165) is 30.5 Å². The molecule has 2 heterocycles. The highest BCUT2D eigenvalue weighted by atomic mass is 32.2. The van der Waals surface area contributed by atoms with Crippen molar-refractivity contribution >= 4 is 32.4 Å². The van der Waals surface area contributed by atoms with Crippen LogP contribution in [-0.4, -0.2) is 36.7 Å². The van der Waals surface area contributed by atoms with E-state index >= 15 is 0 Å². The molecule has 29 heavy (non-hydrogen) atoms. The van der Waals surface area contributed by atoms with Gasteiger partial charge in [-0.2, -0.15) is 4.31 Å². The van der Waals surface area contributed by atoms with Crippen LogP contribution in [-0.2, 0) is 10.0 Å². The first-order chi connectivity index (χ1) is 14.1. The number of thiazole rings is 1. The van der Waals surface area contributed by atoms with E-state index < -0.39 is 15.9 Å². The highest BCUT2D eigenvalue weighted by molar-refractivity contribution is 7.89. The summed E-state index contributed by atoms with van der Waals surface area (Å²) in [6.45, 7) is 0.983. The van der Waals surface area contributed by atoms with Crippen LogP contribution in [0.15, 0.2) is 64.9 Å². The molecule has 0 radical (unpaired) electrons. The number of hydrogen-bond donors (Lipinski definition) is 1. The van der Waals surface area contributed by atoms with Gasteiger partial charge < -0.3 is 0 Å². The summed E-state index contributed by atoms with van der Waals surface area (Å²) in [4.78, 5) is 17.4. The summed E-state index contributed by atoms with van der Waals surface area (Å²) < 4.78 is 27.6. The number of hydrogen-bond acceptors (Lipinski definition) is 5. The second-order valence-corrected chi connectivity index (χ2v) is 9.58. The van der Waals surface area contributed by atoms with Gasteiger partial charge in [0, 0.05) is 24.0 Å². The normalized spacial score (nSPS) is 15.2. The fraction of sp³-hybridized carbons (Fsp3) is 0.238. The van der Waals surface area contributed by atoms with Gasteiger partial charge in [-0.1, -0.05) is 48.9 Å². The fourth-order valence-electron chi connectivity index (χ4n) is 3.36. The average Bonchev–Trinajstić information content (AvgIpc) is 3.23. The van der Waals surface area contributed by atoms with Gasteiger partial charge in [-0.05, 0) is 25.0 Å². The number of aromatic nitrogens is 1. The summed E-state index contributed by atoms with van der Waals surface area (Å²) in [5.74, 6) is -0.477. The lowest BCUT2D eigenvalue weighted by Crippen LogP contribution is -2.36. The Morgan fingerprint density at radius 1 is 0.966 bits per heavy atom. The smallest absolute Gasteiger partial charge is 0.258 e. The summed E-state index contributed by atoms with van der Waals surface area (Å²) in [5.41, 5.74) is 1.85. The molecule has 0 unspecified atom stereocenters. The molecule has 0 saturated carbocycles. The number of sulfonamides is 1. The molecule has 4 rings (SSSR count). The predicted octanol–water partition coefficient (Wildman–Crippen LogP) is 4.24. The monoisotopic (exact) mass is 427 g/mol. The minimum absolute atomic E-state index is 0.0410. The van der Waals surface area contributed by atoms with E-state index in [0.29, 0.717) is 18.2 Å². The predicted molar refractivity (Wildman–Crippen MR) is 115 cm³/mol. The van der Waals surface area contributed by atoms with Gasteiger partial charge in [-0.15, -0.1) is 11.3 Å². The van der Waals surface area contributed by atoms with E-state index in [4.69, 9.17) is 0 Å². The quantitative estimate of drug-likeness (QED) is 0.661. The number of benzene rings is 2. The average molecular weight is 428 g/mol. The molecule has 1 aromatic heterocycles. The van der Waals surface area contributed by atoms with Crippen LogP contribution in [0.25, 0.3) is 11.3 Å². The van der Waals surface area contributed by atoms with Gasteiger partial charge in [0.15, 0.2) is 5.13 Å². The van der Waals surface area contributed by atoms with E-state index in [9.17, 15) is 13.2 Å². The largest absolute Gasteiger partial charge is 0.298 e. The van der Waals surface area contributed by atoms with Crippen LogP contribution >= 0.6 is 11.3 Å². The Morgan fingerprint density at radius 2 is 1.66 bits per heavy atom. The lowest BCUT2D eigenvalue weighted by Gasteiger charge is -2.26. The summed E-state index contributed by atoms with van der Waals surface area (Å²) in [6, 6.07) is 16.0. The summed E-state index contributed by atoms with van der Waals surface area (Å²) in [5, 5.41) is 5.04. The standard InChI is InChI=1S/C21H21N3O3S2/c25-20(23-21-22-18(15-28-21)16-9-3-1-4-10-16)17-11-5-6-12-19(17)29(26,27)24-13-7-2-8-14-24/h1,3-6,9-12,15H,2,7-8,13-14H2,(H,22,23,25). The first-order valence-electron chi connectivity index (χ1n) is 9.47. The maximum atomic E-state index is 13.1. The van der Waals surface area contributed by atoms with E-state index in [1.54, 1.807) is 12.1 Å². The molecule has 0 spiro atoms. The SMILES string of the molecule is O=C(Nc1nc(-c2ccccc2)cs1)c1ccccc1S(=O)(=O)N1CCCCC1. The van der Waals surface area contributed by atoms with Gasteiger partial charge in [-0.3, -0.25) is 10.1 Å². The van der Waals surface area contributed by atoms with Crippen LogP contribution in [0.2, 0.25) is 0 Å². The Bertz CT molecular complexity index is 1100. The van der Waals surface area contributed by atoms with E-state index in [1.165, 1.54) is 27.8 Å². The lowest BCUT2D eigenvalue weighted by atomic mass is 10.2.